The van der Waals surface area contributed by atoms with Gasteiger partial charge in [-0.2, -0.15) is 0 Å². The molecule has 0 heterocycles. The van der Waals surface area contributed by atoms with Crippen molar-refractivity contribution < 1.29 is 14.6 Å². The highest BCUT2D eigenvalue weighted by Gasteiger charge is 2.36. The summed E-state index contributed by atoms with van der Waals surface area (Å²) in [7, 11) is 1.50. The van der Waals surface area contributed by atoms with E-state index in [2.05, 4.69) is 5.92 Å². The van der Waals surface area contributed by atoms with Crippen LogP contribution in [0.1, 0.15) is 18.4 Å². The monoisotopic (exact) mass is 386 g/mol. The van der Waals surface area contributed by atoms with Gasteiger partial charge in [-0.3, -0.25) is 4.79 Å². The van der Waals surface area contributed by atoms with E-state index < -0.39 is 5.92 Å². The highest BCUT2D eigenvalue weighted by atomic mass is 35.5. The molecule has 1 atom stereocenters. The highest BCUT2D eigenvalue weighted by Crippen LogP contribution is 2.44. The Kier molecular flexibility index (Phi) is 5.27. The lowest BCUT2D eigenvalue weighted by Gasteiger charge is -2.14. The third-order valence-corrected chi connectivity index (χ3v) is 4.96. The minimum absolute atomic E-state index is 0.00491. The van der Waals surface area contributed by atoms with Crippen LogP contribution in [-0.4, -0.2) is 18.0 Å². The topological polar surface area (TPSA) is 46.5 Å². The number of hydrogen-bond acceptors (Lipinski definition) is 3. The van der Waals surface area contributed by atoms with Gasteiger partial charge in [0.1, 0.15) is 11.5 Å². The first-order valence-corrected chi connectivity index (χ1v) is 8.75. The van der Waals surface area contributed by atoms with Crippen molar-refractivity contribution in [3.05, 3.63) is 57.8 Å². The Bertz CT molecular complexity index is 937. The van der Waals surface area contributed by atoms with Crippen LogP contribution in [0, 0.1) is 18.3 Å². The fourth-order valence-corrected chi connectivity index (χ4v) is 3.57. The predicted molar refractivity (Wildman–Crippen MR) is 105 cm³/mol. The zero-order valence-corrected chi connectivity index (χ0v) is 15.6. The van der Waals surface area contributed by atoms with Crippen LogP contribution in [0.15, 0.2) is 42.2 Å². The van der Waals surface area contributed by atoms with Crippen LogP contribution in [0.2, 0.25) is 10.0 Å². The Morgan fingerprint density at radius 2 is 1.92 bits per heavy atom. The van der Waals surface area contributed by atoms with E-state index in [0.29, 0.717) is 21.4 Å². The molecule has 1 aliphatic carbocycles. The Morgan fingerprint density at radius 3 is 2.54 bits per heavy atom. The number of terminal acetylenes is 1. The summed E-state index contributed by atoms with van der Waals surface area (Å²) < 4.78 is 5.47. The number of benzene rings is 2. The van der Waals surface area contributed by atoms with E-state index in [1.165, 1.54) is 7.11 Å². The molecule has 0 aliphatic heterocycles. The van der Waals surface area contributed by atoms with E-state index >= 15 is 0 Å². The van der Waals surface area contributed by atoms with Crippen LogP contribution >= 0.6 is 23.2 Å². The minimum atomic E-state index is -0.424. The Hall–Kier alpha value is -2.41. The molecule has 2 aromatic rings. The summed E-state index contributed by atoms with van der Waals surface area (Å²) in [5.41, 5.74) is 2.31. The number of methoxy groups -OCH3 is 1. The van der Waals surface area contributed by atoms with Crippen molar-refractivity contribution in [2.75, 3.05) is 7.11 Å². The zero-order chi connectivity index (χ0) is 18.8. The second kappa shape index (κ2) is 7.45. The molecule has 5 heteroatoms. The first-order chi connectivity index (χ1) is 12.5. The van der Waals surface area contributed by atoms with Crippen molar-refractivity contribution in [1.82, 2.24) is 0 Å². The summed E-state index contributed by atoms with van der Waals surface area (Å²) in [5.74, 6) is 2.26. The average molecular weight is 387 g/mol. The molecular formula is C21H16Cl2O3. The van der Waals surface area contributed by atoms with Crippen LogP contribution in [0.5, 0.6) is 5.75 Å². The summed E-state index contributed by atoms with van der Waals surface area (Å²) in [4.78, 5) is 12.7. The Morgan fingerprint density at radius 1 is 1.23 bits per heavy atom. The normalized spacial score (nSPS) is 16.7. The number of hydrogen-bond donors (Lipinski definition) is 1. The van der Waals surface area contributed by atoms with Crippen molar-refractivity contribution in [2.45, 2.75) is 12.8 Å². The summed E-state index contributed by atoms with van der Waals surface area (Å²) in [5, 5.41) is 11.3. The number of ketones is 1. The van der Waals surface area contributed by atoms with Gasteiger partial charge in [-0.05, 0) is 35.4 Å². The smallest absolute Gasteiger partial charge is 0.171 e. The molecule has 1 unspecified atom stereocenters. The molecule has 0 fully saturated rings. The molecule has 0 aromatic heterocycles. The van der Waals surface area contributed by atoms with Crippen LogP contribution in [-0.2, 0) is 4.79 Å². The second-order valence-electron chi connectivity index (χ2n) is 6.04. The van der Waals surface area contributed by atoms with Gasteiger partial charge in [0.15, 0.2) is 5.78 Å². The third-order valence-electron chi connectivity index (χ3n) is 4.41. The van der Waals surface area contributed by atoms with Gasteiger partial charge in [0, 0.05) is 29.3 Å². The van der Waals surface area contributed by atoms with E-state index in [1.54, 1.807) is 24.3 Å². The molecule has 132 valence electrons. The quantitative estimate of drug-likeness (QED) is 0.700. The first kappa shape index (κ1) is 18.4. The van der Waals surface area contributed by atoms with Gasteiger partial charge in [-0.15, -0.1) is 12.3 Å². The fourth-order valence-electron chi connectivity index (χ4n) is 3.14. The van der Waals surface area contributed by atoms with Gasteiger partial charge in [-0.25, -0.2) is 0 Å². The molecule has 0 amide bonds. The molecule has 0 saturated heterocycles. The van der Waals surface area contributed by atoms with E-state index in [1.807, 2.05) is 12.1 Å². The molecule has 1 aliphatic rings. The largest absolute Gasteiger partial charge is 0.512 e. The SMILES string of the molecule is C#CCC1CC(O)=C(c2c(Cl)cc(-c3ccc(Cl)cc3)cc2OC)C1=O. The maximum absolute atomic E-state index is 12.7. The molecule has 0 spiro atoms. The van der Waals surface area contributed by atoms with E-state index in [0.717, 1.165) is 11.1 Å². The number of carbonyl (C=O) groups excluding carboxylic acids is 1. The molecule has 3 rings (SSSR count). The van der Waals surface area contributed by atoms with Crippen molar-refractivity contribution in [2.24, 2.45) is 5.92 Å². The van der Waals surface area contributed by atoms with Gasteiger partial charge >= 0.3 is 0 Å². The molecular weight excluding hydrogens is 371 g/mol. The van der Waals surface area contributed by atoms with Crippen LogP contribution in [0.25, 0.3) is 16.7 Å². The number of aliphatic hydroxyl groups excluding tert-OH is 1. The number of ether oxygens (including phenoxy) is 1. The van der Waals surface area contributed by atoms with Crippen molar-refractivity contribution >= 4 is 34.6 Å². The van der Waals surface area contributed by atoms with E-state index in [4.69, 9.17) is 34.4 Å². The first-order valence-electron chi connectivity index (χ1n) is 8.00. The van der Waals surface area contributed by atoms with Crippen molar-refractivity contribution in [3.63, 3.8) is 0 Å². The molecule has 3 nitrogen and oxygen atoms in total. The van der Waals surface area contributed by atoms with Gasteiger partial charge in [0.25, 0.3) is 0 Å². The van der Waals surface area contributed by atoms with Gasteiger partial charge in [0.05, 0.1) is 17.7 Å². The maximum Gasteiger partial charge on any atom is 0.171 e. The van der Waals surface area contributed by atoms with Gasteiger partial charge in [0.2, 0.25) is 0 Å². The second-order valence-corrected chi connectivity index (χ2v) is 6.88. The van der Waals surface area contributed by atoms with Crippen molar-refractivity contribution in [1.29, 1.82) is 0 Å². The summed E-state index contributed by atoms with van der Waals surface area (Å²) in [6, 6.07) is 10.8. The number of aliphatic hydroxyl groups is 1. The number of carbonyl (C=O) groups is 1. The fraction of sp³-hybridized carbons (Fsp3) is 0.190. The maximum atomic E-state index is 12.7. The lowest BCUT2D eigenvalue weighted by atomic mass is 9.94. The lowest BCUT2D eigenvalue weighted by molar-refractivity contribution is -0.116. The molecule has 0 radical (unpaired) electrons. The molecule has 2 aromatic carbocycles. The van der Waals surface area contributed by atoms with E-state index in [-0.39, 0.29) is 30.0 Å². The Labute approximate surface area is 162 Å². The number of allylic oxidation sites excluding steroid dienone is 2. The highest BCUT2D eigenvalue weighted by molar-refractivity contribution is 6.36. The third kappa shape index (κ3) is 3.31. The van der Waals surface area contributed by atoms with Crippen LogP contribution < -0.4 is 4.74 Å². The van der Waals surface area contributed by atoms with Gasteiger partial charge < -0.3 is 9.84 Å². The molecule has 0 saturated carbocycles. The lowest BCUT2D eigenvalue weighted by Crippen LogP contribution is -2.10. The minimum Gasteiger partial charge on any atom is -0.512 e. The molecule has 1 N–H and O–H groups in total. The summed E-state index contributed by atoms with van der Waals surface area (Å²) in [6.07, 6.45) is 5.81. The van der Waals surface area contributed by atoms with Crippen molar-refractivity contribution in [3.8, 4) is 29.2 Å². The summed E-state index contributed by atoms with van der Waals surface area (Å²) >= 11 is 12.4. The van der Waals surface area contributed by atoms with E-state index in [9.17, 15) is 9.90 Å². The molecule has 26 heavy (non-hydrogen) atoms. The molecule has 0 bridgehead atoms. The zero-order valence-electron chi connectivity index (χ0n) is 14.1. The Balaban J connectivity index is 2.09. The van der Waals surface area contributed by atoms with Crippen LogP contribution in [0.4, 0.5) is 0 Å². The number of halogens is 2. The number of rotatable bonds is 4. The standard InChI is InChI=1S/C21H16Cl2O3/c1-3-4-13-10-17(24)20(21(13)25)19-16(23)9-14(11-18(19)26-2)12-5-7-15(22)8-6-12/h1,5-9,11,13,24H,4,10H2,2H3. The summed E-state index contributed by atoms with van der Waals surface area (Å²) in [6.45, 7) is 0. The van der Waals surface area contributed by atoms with Gasteiger partial charge in [-0.1, -0.05) is 35.3 Å². The average Bonchev–Trinajstić information content (AvgIpc) is 2.89. The van der Waals surface area contributed by atoms with Crippen LogP contribution in [0.3, 0.4) is 0 Å². The predicted octanol–water partition coefficient (Wildman–Crippen LogP) is 5.55. The number of Topliss-reactive ketones (excluding diaryl/α,β-unsaturated/α-hetero) is 1.